The molecule has 0 amide bonds. The molecule has 18 heavy (non-hydrogen) atoms. The van der Waals surface area contributed by atoms with Gasteiger partial charge in [-0.1, -0.05) is 24.6 Å². The zero-order valence-electron chi connectivity index (χ0n) is 11.7. The van der Waals surface area contributed by atoms with Crippen LogP contribution in [-0.4, -0.2) is 6.54 Å². The third-order valence-electron chi connectivity index (χ3n) is 3.10. The molecule has 0 aliphatic rings. The van der Waals surface area contributed by atoms with Gasteiger partial charge in [0.15, 0.2) is 0 Å². The second-order valence-corrected chi connectivity index (χ2v) is 5.01. The highest BCUT2D eigenvalue weighted by Gasteiger charge is 2.12. The van der Waals surface area contributed by atoms with E-state index in [1.165, 1.54) is 5.57 Å². The maximum atomic E-state index is 13.6. The lowest BCUT2D eigenvalue weighted by molar-refractivity contribution is 0.495. The molecule has 1 N–H and O–H groups in total. The Bertz CT molecular complexity index is 398. The van der Waals surface area contributed by atoms with Crippen molar-refractivity contribution in [2.75, 3.05) is 6.54 Å². The smallest absolute Gasteiger partial charge is 0.126 e. The predicted molar refractivity (Wildman–Crippen MR) is 76.2 cm³/mol. The summed E-state index contributed by atoms with van der Waals surface area (Å²) in [6, 6.07) is 5.74. The molecule has 0 aliphatic carbocycles. The van der Waals surface area contributed by atoms with E-state index in [2.05, 4.69) is 18.8 Å². The van der Waals surface area contributed by atoms with Crippen LogP contribution < -0.4 is 5.32 Å². The lowest BCUT2D eigenvalue weighted by atomic mass is 9.98. The monoisotopic (exact) mass is 249 g/mol. The van der Waals surface area contributed by atoms with Crippen molar-refractivity contribution in [2.45, 2.75) is 46.1 Å². The van der Waals surface area contributed by atoms with E-state index < -0.39 is 0 Å². The van der Waals surface area contributed by atoms with Gasteiger partial charge in [0.25, 0.3) is 0 Å². The van der Waals surface area contributed by atoms with Crippen molar-refractivity contribution >= 4 is 0 Å². The molecule has 100 valence electrons. The lowest BCUT2D eigenvalue weighted by Gasteiger charge is -2.19. The van der Waals surface area contributed by atoms with Gasteiger partial charge in [-0.05, 0) is 56.8 Å². The number of hydrogen-bond acceptors (Lipinski definition) is 1. The fourth-order valence-corrected chi connectivity index (χ4v) is 1.92. The van der Waals surface area contributed by atoms with Gasteiger partial charge in [0.2, 0.25) is 0 Å². The zero-order valence-corrected chi connectivity index (χ0v) is 11.7. The van der Waals surface area contributed by atoms with Gasteiger partial charge in [-0.2, -0.15) is 0 Å². The van der Waals surface area contributed by atoms with Gasteiger partial charge >= 0.3 is 0 Å². The Kier molecular flexibility index (Phi) is 6.06. The summed E-state index contributed by atoms with van der Waals surface area (Å²) < 4.78 is 13.6. The maximum absolute atomic E-state index is 13.6. The maximum Gasteiger partial charge on any atom is 0.126 e. The first-order valence-corrected chi connectivity index (χ1v) is 6.68. The van der Waals surface area contributed by atoms with Crippen LogP contribution in [0.15, 0.2) is 30.4 Å². The number of aryl methyl sites for hydroxylation is 1. The molecule has 0 saturated heterocycles. The second-order valence-electron chi connectivity index (χ2n) is 5.01. The topological polar surface area (TPSA) is 12.0 Å². The summed E-state index contributed by atoms with van der Waals surface area (Å²) in [4.78, 5) is 0. The summed E-state index contributed by atoms with van der Waals surface area (Å²) in [6.45, 7) is 10.9. The minimum Gasteiger partial charge on any atom is -0.310 e. The molecule has 0 bridgehead atoms. The number of allylic oxidation sites excluding steroid dienone is 1. The summed E-state index contributed by atoms with van der Waals surface area (Å²) in [7, 11) is 0. The van der Waals surface area contributed by atoms with Crippen molar-refractivity contribution in [1.29, 1.82) is 0 Å². The van der Waals surface area contributed by atoms with Crippen LogP contribution in [0.2, 0.25) is 0 Å². The van der Waals surface area contributed by atoms with Gasteiger partial charge in [-0.25, -0.2) is 4.39 Å². The van der Waals surface area contributed by atoms with E-state index in [1.807, 2.05) is 19.1 Å². The van der Waals surface area contributed by atoms with Crippen molar-refractivity contribution in [3.63, 3.8) is 0 Å². The van der Waals surface area contributed by atoms with Crippen LogP contribution in [0, 0.1) is 12.7 Å². The Morgan fingerprint density at radius 3 is 2.72 bits per heavy atom. The highest BCUT2D eigenvalue weighted by molar-refractivity contribution is 5.26. The molecule has 0 saturated carbocycles. The second kappa shape index (κ2) is 7.32. The number of benzene rings is 1. The minimum absolute atomic E-state index is 0.119. The Balaban J connectivity index is 2.79. The van der Waals surface area contributed by atoms with Crippen LogP contribution in [0.1, 0.15) is 50.3 Å². The largest absolute Gasteiger partial charge is 0.310 e. The first-order chi connectivity index (χ1) is 8.54. The van der Waals surface area contributed by atoms with E-state index in [4.69, 9.17) is 0 Å². The minimum atomic E-state index is -0.119. The van der Waals surface area contributed by atoms with Crippen LogP contribution in [0.3, 0.4) is 0 Å². The first-order valence-electron chi connectivity index (χ1n) is 6.68. The zero-order chi connectivity index (χ0) is 13.5. The van der Waals surface area contributed by atoms with Crippen LogP contribution >= 0.6 is 0 Å². The van der Waals surface area contributed by atoms with E-state index in [0.717, 1.165) is 31.4 Å². The van der Waals surface area contributed by atoms with Crippen molar-refractivity contribution < 1.29 is 4.39 Å². The number of rotatable bonds is 7. The molecule has 0 radical (unpaired) electrons. The van der Waals surface area contributed by atoms with E-state index >= 15 is 0 Å². The fourth-order valence-electron chi connectivity index (χ4n) is 1.92. The first kappa shape index (κ1) is 14.9. The number of hydrogen-bond donors (Lipinski definition) is 1. The normalized spacial score (nSPS) is 12.4. The van der Waals surface area contributed by atoms with Crippen LogP contribution in [0.5, 0.6) is 0 Å². The highest BCUT2D eigenvalue weighted by atomic mass is 19.1. The number of nitrogens with one attached hydrogen (secondary N) is 1. The average molecular weight is 249 g/mol. The highest BCUT2D eigenvalue weighted by Crippen LogP contribution is 2.22. The summed E-state index contributed by atoms with van der Waals surface area (Å²) in [5.41, 5.74) is 2.91. The third-order valence-corrected chi connectivity index (χ3v) is 3.10. The van der Waals surface area contributed by atoms with Gasteiger partial charge in [0, 0.05) is 6.04 Å². The fraction of sp³-hybridized carbons (Fsp3) is 0.500. The summed E-state index contributed by atoms with van der Waals surface area (Å²) in [5.74, 6) is -0.119. The molecule has 0 heterocycles. The van der Waals surface area contributed by atoms with Gasteiger partial charge in [-0.15, -0.1) is 6.58 Å². The standard InChI is InChI=1S/C16H24FN/c1-5-10-18-16(9-6-12(2)3)14-8-7-13(4)15(17)11-14/h7-8,11,16,18H,2,5-6,9-10H2,1,3-4H3. The predicted octanol–water partition coefficient (Wildman–Crippen LogP) is 4.53. The SMILES string of the molecule is C=C(C)CCC(NCCC)c1ccc(C)c(F)c1. The summed E-state index contributed by atoms with van der Waals surface area (Å²) in [6.07, 6.45) is 3.02. The molecule has 0 aromatic heterocycles. The van der Waals surface area contributed by atoms with E-state index in [9.17, 15) is 4.39 Å². The van der Waals surface area contributed by atoms with Crippen molar-refractivity contribution in [2.24, 2.45) is 0 Å². The molecular formula is C16H24FN. The molecule has 0 aliphatic heterocycles. The molecule has 1 nitrogen and oxygen atoms in total. The molecule has 1 aromatic rings. The van der Waals surface area contributed by atoms with Gasteiger partial charge in [0.05, 0.1) is 0 Å². The molecule has 0 spiro atoms. The van der Waals surface area contributed by atoms with Gasteiger partial charge in [-0.3, -0.25) is 0 Å². The molecule has 1 aromatic carbocycles. The van der Waals surface area contributed by atoms with Gasteiger partial charge < -0.3 is 5.32 Å². The molecule has 1 unspecified atom stereocenters. The number of halogens is 1. The van der Waals surface area contributed by atoms with Crippen LogP contribution in [0.25, 0.3) is 0 Å². The van der Waals surface area contributed by atoms with Crippen molar-refractivity contribution in [3.05, 3.63) is 47.3 Å². The van der Waals surface area contributed by atoms with Crippen molar-refractivity contribution in [1.82, 2.24) is 5.32 Å². The quantitative estimate of drug-likeness (QED) is 0.700. The average Bonchev–Trinajstić information content (AvgIpc) is 2.33. The van der Waals surface area contributed by atoms with E-state index in [-0.39, 0.29) is 11.9 Å². The Morgan fingerprint density at radius 1 is 1.44 bits per heavy atom. The summed E-state index contributed by atoms with van der Waals surface area (Å²) >= 11 is 0. The Morgan fingerprint density at radius 2 is 2.17 bits per heavy atom. The lowest BCUT2D eigenvalue weighted by Crippen LogP contribution is -2.22. The molecule has 1 atom stereocenters. The van der Waals surface area contributed by atoms with E-state index in [0.29, 0.717) is 5.56 Å². The van der Waals surface area contributed by atoms with Gasteiger partial charge in [0.1, 0.15) is 5.82 Å². The van der Waals surface area contributed by atoms with Crippen molar-refractivity contribution in [3.8, 4) is 0 Å². The molecule has 1 rings (SSSR count). The Labute approximate surface area is 110 Å². The summed E-state index contributed by atoms with van der Waals surface area (Å²) in [5, 5.41) is 3.48. The Hall–Kier alpha value is -1.15. The van der Waals surface area contributed by atoms with E-state index in [1.54, 1.807) is 13.0 Å². The van der Waals surface area contributed by atoms with Crippen LogP contribution in [0.4, 0.5) is 4.39 Å². The third kappa shape index (κ3) is 4.61. The van der Waals surface area contributed by atoms with Crippen LogP contribution in [-0.2, 0) is 0 Å². The molecule has 2 heteroatoms. The molecular weight excluding hydrogens is 225 g/mol. The molecule has 0 fully saturated rings.